The Kier molecular flexibility index (Phi) is 3.62. The van der Waals surface area contributed by atoms with E-state index in [1.54, 1.807) is 17.0 Å². The van der Waals surface area contributed by atoms with Gasteiger partial charge >= 0.3 is 6.03 Å². The molecule has 5 heteroatoms. The van der Waals surface area contributed by atoms with E-state index in [9.17, 15) is 4.79 Å². The molecule has 5 rings (SSSR count). The standard InChI is InChI=1S/C22H17ClN2O2/c1-24-20(14-7-3-2-4-8-14)21-16-9-5-6-10-18(16)27-19-12-11-15(23)13-17(19)25(21)22(24)26/h2-13,20-21H,1H3. The van der Waals surface area contributed by atoms with Crippen molar-refractivity contribution in [3.63, 3.8) is 0 Å². The van der Waals surface area contributed by atoms with Crippen molar-refractivity contribution in [1.29, 1.82) is 0 Å². The van der Waals surface area contributed by atoms with Crippen LogP contribution in [-0.2, 0) is 0 Å². The summed E-state index contributed by atoms with van der Waals surface area (Å²) < 4.78 is 6.19. The first-order valence-electron chi connectivity index (χ1n) is 8.82. The first kappa shape index (κ1) is 16.2. The number of hydrogen-bond acceptors (Lipinski definition) is 2. The number of fused-ring (bicyclic) bond motifs is 5. The molecule has 2 atom stereocenters. The topological polar surface area (TPSA) is 32.8 Å². The Morgan fingerprint density at radius 2 is 1.63 bits per heavy atom. The van der Waals surface area contributed by atoms with E-state index in [2.05, 4.69) is 12.1 Å². The van der Waals surface area contributed by atoms with E-state index in [-0.39, 0.29) is 18.1 Å². The highest BCUT2D eigenvalue weighted by Crippen LogP contribution is 2.54. The minimum atomic E-state index is -0.208. The number of halogens is 1. The van der Waals surface area contributed by atoms with Crippen LogP contribution in [0.1, 0.15) is 23.2 Å². The number of para-hydroxylation sites is 1. The number of carbonyl (C=O) groups excluding carboxylic acids is 1. The normalized spacial score (nSPS) is 20.4. The SMILES string of the molecule is CN1C(=O)N2c3cc(Cl)ccc3Oc3ccccc3C2C1c1ccccc1. The lowest BCUT2D eigenvalue weighted by molar-refractivity contribution is 0.217. The highest BCUT2D eigenvalue weighted by molar-refractivity contribution is 6.31. The van der Waals surface area contributed by atoms with Gasteiger partial charge in [-0.05, 0) is 29.8 Å². The lowest BCUT2D eigenvalue weighted by Crippen LogP contribution is -2.30. The largest absolute Gasteiger partial charge is 0.455 e. The number of nitrogens with zero attached hydrogens (tertiary/aromatic N) is 2. The van der Waals surface area contributed by atoms with Crippen LogP contribution in [0.25, 0.3) is 0 Å². The summed E-state index contributed by atoms with van der Waals surface area (Å²) in [6, 6.07) is 23.0. The maximum atomic E-state index is 13.3. The zero-order valence-corrected chi connectivity index (χ0v) is 15.4. The van der Waals surface area contributed by atoms with Crippen molar-refractivity contribution >= 4 is 23.3 Å². The molecule has 2 amide bonds. The molecule has 0 bridgehead atoms. The average molecular weight is 377 g/mol. The fourth-order valence-corrected chi connectivity index (χ4v) is 4.25. The lowest BCUT2D eigenvalue weighted by atomic mass is 9.92. The van der Waals surface area contributed by atoms with Crippen molar-refractivity contribution in [2.75, 3.05) is 11.9 Å². The van der Waals surface area contributed by atoms with Gasteiger partial charge in [0.25, 0.3) is 0 Å². The van der Waals surface area contributed by atoms with Crippen molar-refractivity contribution in [2.24, 2.45) is 0 Å². The number of hydrogen-bond donors (Lipinski definition) is 0. The van der Waals surface area contributed by atoms with Crippen LogP contribution in [0.5, 0.6) is 11.5 Å². The Balaban J connectivity index is 1.79. The Labute approximate surface area is 162 Å². The molecule has 0 aliphatic carbocycles. The first-order chi connectivity index (χ1) is 13.1. The van der Waals surface area contributed by atoms with Crippen molar-refractivity contribution in [1.82, 2.24) is 4.90 Å². The van der Waals surface area contributed by atoms with Crippen molar-refractivity contribution in [2.45, 2.75) is 12.1 Å². The van der Waals surface area contributed by atoms with Crippen LogP contribution in [0.2, 0.25) is 5.02 Å². The van der Waals surface area contributed by atoms with Gasteiger partial charge in [0.05, 0.1) is 17.8 Å². The average Bonchev–Trinajstić information content (AvgIpc) is 2.86. The number of urea groups is 1. The molecular weight excluding hydrogens is 360 g/mol. The maximum absolute atomic E-state index is 13.3. The third-order valence-corrected chi connectivity index (χ3v) is 5.52. The summed E-state index contributed by atoms with van der Waals surface area (Å²) in [6.45, 7) is 0. The third kappa shape index (κ3) is 2.41. The van der Waals surface area contributed by atoms with Gasteiger partial charge in [0.15, 0.2) is 5.75 Å². The Bertz CT molecular complexity index is 1040. The van der Waals surface area contributed by atoms with E-state index in [1.807, 2.05) is 60.5 Å². The fraction of sp³-hybridized carbons (Fsp3) is 0.136. The lowest BCUT2D eigenvalue weighted by Gasteiger charge is -2.26. The molecule has 0 radical (unpaired) electrons. The van der Waals surface area contributed by atoms with E-state index in [1.165, 1.54) is 0 Å². The van der Waals surface area contributed by atoms with Crippen molar-refractivity contribution in [3.05, 3.63) is 88.9 Å². The van der Waals surface area contributed by atoms with E-state index in [4.69, 9.17) is 16.3 Å². The molecule has 0 N–H and O–H groups in total. The van der Waals surface area contributed by atoms with Gasteiger partial charge in [-0.1, -0.05) is 60.1 Å². The van der Waals surface area contributed by atoms with Gasteiger partial charge in [0.2, 0.25) is 0 Å². The van der Waals surface area contributed by atoms with Crippen LogP contribution in [0.4, 0.5) is 10.5 Å². The second-order valence-electron chi connectivity index (χ2n) is 6.82. The predicted molar refractivity (Wildman–Crippen MR) is 106 cm³/mol. The molecule has 27 heavy (non-hydrogen) atoms. The summed E-state index contributed by atoms with van der Waals surface area (Å²) in [5.74, 6) is 1.39. The Hall–Kier alpha value is -2.98. The second-order valence-corrected chi connectivity index (χ2v) is 7.25. The van der Waals surface area contributed by atoms with Crippen molar-refractivity contribution < 1.29 is 9.53 Å². The number of anilines is 1. The number of amides is 2. The number of likely N-dealkylation sites (N-methyl/N-ethyl adjacent to an activating group) is 1. The van der Waals surface area contributed by atoms with E-state index >= 15 is 0 Å². The first-order valence-corrected chi connectivity index (χ1v) is 9.20. The number of rotatable bonds is 1. The number of carbonyl (C=O) groups is 1. The van der Waals surface area contributed by atoms with Gasteiger partial charge < -0.3 is 9.64 Å². The molecule has 2 aliphatic rings. The third-order valence-electron chi connectivity index (χ3n) is 5.28. The number of benzene rings is 3. The maximum Gasteiger partial charge on any atom is 0.325 e. The van der Waals surface area contributed by atoms with Gasteiger partial charge in [-0.15, -0.1) is 0 Å². The van der Waals surface area contributed by atoms with Crippen LogP contribution < -0.4 is 9.64 Å². The summed E-state index contributed by atoms with van der Waals surface area (Å²) in [5, 5.41) is 0.570. The van der Waals surface area contributed by atoms with Crippen LogP contribution in [0.3, 0.4) is 0 Å². The molecule has 3 aromatic rings. The van der Waals surface area contributed by atoms with Crippen LogP contribution in [-0.4, -0.2) is 18.0 Å². The van der Waals surface area contributed by atoms with Crippen molar-refractivity contribution in [3.8, 4) is 11.5 Å². The number of ether oxygens (including phenoxy) is 1. The summed E-state index contributed by atoms with van der Waals surface area (Å²) in [4.78, 5) is 16.9. The van der Waals surface area contributed by atoms with Gasteiger partial charge in [0, 0.05) is 17.6 Å². The van der Waals surface area contributed by atoms with Crippen LogP contribution in [0.15, 0.2) is 72.8 Å². The molecule has 1 saturated heterocycles. The van der Waals surface area contributed by atoms with E-state index in [0.29, 0.717) is 16.5 Å². The summed E-state index contributed by atoms with van der Waals surface area (Å²) in [7, 11) is 1.85. The molecule has 0 aromatic heterocycles. The fourth-order valence-electron chi connectivity index (χ4n) is 4.08. The molecule has 134 valence electrons. The Morgan fingerprint density at radius 3 is 2.44 bits per heavy atom. The van der Waals surface area contributed by atoms with Crippen LogP contribution in [0, 0.1) is 0 Å². The monoisotopic (exact) mass is 376 g/mol. The van der Waals surface area contributed by atoms with Gasteiger partial charge in [-0.25, -0.2) is 4.79 Å². The zero-order chi connectivity index (χ0) is 18.5. The summed E-state index contributed by atoms with van der Waals surface area (Å²) in [5.41, 5.74) is 2.76. The molecule has 2 heterocycles. The minimum Gasteiger partial charge on any atom is -0.455 e. The van der Waals surface area contributed by atoms with Gasteiger partial charge in [0.1, 0.15) is 5.75 Å². The zero-order valence-electron chi connectivity index (χ0n) is 14.7. The highest BCUT2D eigenvalue weighted by Gasteiger charge is 2.49. The molecule has 1 fully saturated rings. The van der Waals surface area contributed by atoms with E-state index < -0.39 is 0 Å². The molecule has 0 spiro atoms. The predicted octanol–water partition coefficient (Wildman–Crippen LogP) is 5.80. The minimum absolute atomic E-state index is 0.0716. The molecule has 4 nitrogen and oxygen atoms in total. The second kappa shape index (κ2) is 6.03. The van der Waals surface area contributed by atoms with E-state index in [0.717, 1.165) is 16.9 Å². The Morgan fingerprint density at radius 1 is 0.889 bits per heavy atom. The quantitative estimate of drug-likeness (QED) is 0.537. The molecular formula is C22H17ClN2O2. The molecule has 0 saturated carbocycles. The van der Waals surface area contributed by atoms with Crippen LogP contribution >= 0.6 is 11.6 Å². The summed E-state index contributed by atoms with van der Waals surface area (Å²) >= 11 is 6.26. The highest BCUT2D eigenvalue weighted by atomic mass is 35.5. The molecule has 3 aromatic carbocycles. The van der Waals surface area contributed by atoms with Gasteiger partial charge in [-0.3, -0.25) is 4.90 Å². The van der Waals surface area contributed by atoms with Gasteiger partial charge in [-0.2, -0.15) is 0 Å². The molecule has 2 unspecified atom stereocenters. The summed E-state index contributed by atoms with van der Waals surface area (Å²) in [6.07, 6.45) is 0. The smallest absolute Gasteiger partial charge is 0.325 e. The molecule has 2 aliphatic heterocycles.